The molecule has 4 heteroatoms. The Morgan fingerprint density at radius 3 is 1.68 bits per heavy atom. The molecule has 1 aromatic heterocycles. The van der Waals surface area contributed by atoms with Gasteiger partial charge in [-0.05, 0) is 139 Å². The molecule has 0 saturated heterocycles. The maximum absolute atomic E-state index is 3.66. The van der Waals surface area contributed by atoms with Crippen LogP contribution in [0.4, 0.5) is 17.1 Å². The van der Waals surface area contributed by atoms with Gasteiger partial charge in [0.2, 0.25) is 0 Å². The molecule has 0 aliphatic heterocycles. The molecule has 230 valence electrons. The third kappa shape index (κ3) is 5.14. The minimum atomic E-state index is 0.686. The Hall–Kier alpha value is -4.12. The molecule has 10 rings (SSSR count). The Morgan fingerprint density at radius 2 is 1.06 bits per heavy atom. The molecule has 7 aromatic rings. The molecule has 6 aromatic carbocycles. The number of aromatic nitrogens is 1. The van der Waals surface area contributed by atoms with E-state index in [0.717, 1.165) is 37.6 Å². The summed E-state index contributed by atoms with van der Waals surface area (Å²) in [5.41, 5.74) is 12.7. The van der Waals surface area contributed by atoms with Crippen molar-refractivity contribution in [3.8, 4) is 16.8 Å². The molecule has 2 bridgehead atoms. The van der Waals surface area contributed by atoms with Gasteiger partial charge in [-0.15, -0.1) is 0 Å². The summed E-state index contributed by atoms with van der Waals surface area (Å²) in [6, 6.07) is 49.4. The first kappa shape index (κ1) is 29.1. The molecule has 0 spiro atoms. The van der Waals surface area contributed by atoms with E-state index in [1.807, 2.05) is 0 Å². The number of halogens is 2. The van der Waals surface area contributed by atoms with Crippen molar-refractivity contribution in [3.63, 3.8) is 0 Å². The van der Waals surface area contributed by atoms with Crippen LogP contribution < -0.4 is 4.90 Å². The van der Waals surface area contributed by atoms with Crippen LogP contribution in [-0.4, -0.2) is 4.57 Å². The summed E-state index contributed by atoms with van der Waals surface area (Å²) in [5, 5.41) is 2.54. The Morgan fingerprint density at radius 1 is 0.489 bits per heavy atom. The van der Waals surface area contributed by atoms with Gasteiger partial charge in [-0.3, -0.25) is 0 Å². The van der Waals surface area contributed by atoms with E-state index in [0.29, 0.717) is 5.92 Å². The summed E-state index contributed by atoms with van der Waals surface area (Å²) < 4.78 is 4.58. The van der Waals surface area contributed by atoms with Gasteiger partial charge in [-0.1, -0.05) is 92.9 Å². The Balaban J connectivity index is 1.31. The van der Waals surface area contributed by atoms with Crippen molar-refractivity contribution in [2.24, 2.45) is 0 Å². The monoisotopic (exact) mass is 736 g/mol. The maximum Gasteiger partial charge on any atom is 0.0541 e. The van der Waals surface area contributed by atoms with E-state index in [4.69, 9.17) is 0 Å². The molecular weight excluding hydrogens is 704 g/mol. The Bertz CT molecular complexity index is 2160. The molecule has 0 radical (unpaired) electrons. The van der Waals surface area contributed by atoms with E-state index in [2.05, 4.69) is 175 Å². The largest absolute Gasteiger partial charge is 0.310 e. The number of rotatable bonds is 5. The normalized spacial score (nSPS) is 17.1. The number of hydrogen-bond acceptors (Lipinski definition) is 1. The Kier molecular flexibility index (Phi) is 7.32. The van der Waals surface area contributed by atoms with Crippen molar-refractivity contribution in [3.05, 3.63) is 154 Å². The van der Waals surface area contributed by atoms with Crippen molar-refractivity contribution < 1.29 is 0 Å². The number of fused-ring (bicyclic) bond motifs is 6. The summed E-state index contributed by atoms with van der Waals surface area (Å²) in [4.78, 5) is 2.38. The van der Waals surface area contributed by atoms with Crippen molar-refractivity contribution in [1.29, 1.82) is 0 Å². The number of nitrogens with zero attached hydrogens (tertiary/aromatic N) is 2. The highest BCUT2D eigenvalue weighted by molar-refractivity contribution is 9.10. The average molecular weight is 739 g/mol. The van der Waals surface area contributed by atoms with Gasteiger partial charge in [0.25, 0.3) is 0 Å². The minimum Gasteiger partial charge on any atom is -0.310 e. The predicted molar refractivity (Wildman–Crippen MR) is 205 cm³/mol. The lowest BCUT2D eigenvalue weighted by Crippen LogP contribution is -2.11. The van der Waals surface area contributed by atoms with Crippen LogP contribution in [0.15, 0.2) is 142 Å². The van der Waals surface area contributed by atoms with Crippen LogP contribution in [0.3, 0.4) is 0 Å². The summed E-state index contributed by atoms with van der Waals surface area (Å²) in [7, 11) is 0. The van der Waals surface area contributed by atoms with Gasteiger partial charge in [0.1, 0.15) is 0 Å². The first-order valence-electron chi connectivity index (χ1n) is 16.7. The molecule has 2 atom stereocenters. The van der Waals surface area contributed by atoms with Crippen molar-refractivity contribution >= 4 is 70.7 Å². The zero-order valence-electron chi connectivity index (χ0n) is 26.0. The molecule has 47 heavy (non-hydrogen) atoms. The molecule has 2 nitrogen and oxygen atoms in total. The van der Waals surface area contributed by atoms with Crippen LogP contribution in [0, 0.1) is 0 Å². The lowest BCUT2D eigenvalue weighted by atomic mass is 9.77. The second kappa shape index (κ2) is 11.8. The standard InChI is InChI=1S/C43H34Br2N2/c44-32-15-19-34(20-16-32)46(35-21-17-33(45)18-22-35)36-24-31(30-14-23-38-28-6-5-7-29(13-12-28)41(38)26-30)25-37(27-36)47-42-10-3-1-8-39(42)40-9-2-4-11-43(40)47/h1-4,8-11,14-29H,5-7,12-13H2. The van der Waals surface area contributed by atoms with Crippen molar-refractivity contribution in [2.45, 2.75) is 43.9 Å². The summed E-state index contributed by atoms with van der Waals surface area (Å²) in [6.07, 6.45) is 6.68. The Labute approximate surface area is 292 Å². The average Bonchev–Trinajstić information content (AvgIpc) is 3.21. The lowest BCUT2D eigenvalue weighted by Gasteiger charge is -2.29. The fraction of sp³-hybridized carbons (Fsp3) is 0.163. The third-order valence-electron chi connectivity index (χ3n) is 10.4. The smallest absolute Gasteiger partial charge is 0.0541 e. The molecule has 0 N–H and O–H groups in total. The summed E-state index contributed by atoms with van der Waals surface area (Å²) in [6.45, 7) is 0. The lowest BCUT2D eigenvalue weighted by molar-refractivity contribution is 0.527. The zero-order chi connectivity index (χ0) is 31.5. The van der Waals surface area contributed by atoms with Crippen LogP contribution in [-0.2, 0) is 0 Å². The highest BCUT2D eigenvalue weighted by Crippen LogP contribution is 2.49. The molecular formula is C43H34Br2N2. The molecule has 1 heterocycles. The van der Waals surface area contributed by atoms with Crippen LogP contribution >= 0.6 is 31.9 Å². The van der Waals surface area contributed by atoms with Crippen LogP contribution in [0.1, 0.15) is 55.1 Å². The number of hydrogen-bond donors (Lipinski definition) is 0. The number of benzene rings is 6. The van der Waals surface area contributed by atoms with E-state index in [1.165, 1.54) is 65.0 Å². The highest BCUT2D eigenvalue weighted by Gasteiger charge is 2.30. The van der Waals surface area contributed by atoms with E-state index < -0.39 is 0 Å². The quantitative estimate of drug-likeness (QED) is 0.171. The summed E-state index contributed by atoms with van der Waals surface area (Å²) >= 11 is 7.33. The summed E-state index contributed by atoms with van der Waals surface area (Å²) in [5.74, 6) is 1.41. The number of anilines is 3. The maximum atomic E-state index is 3.66. The van der Waals surface area contributed by atoms with Gasteiger partial charge in [0.15, 0.2) is 0 Å². The van der Waals surface area contributed by atoms with Crippen LogP contribution in [0.5, 0.6) is 0 Å². The van der Waals surface area contributed by atoms with Gasteiger partial charge >= 0.3 is 0 Å². The molecule has 3 aliphatic rings. The van der Waals surface area contributed by atoms with Crippen LogP contribution in [0.2, 0.25) is 0 Å². The third-order valence-corrected chi connectivity index (χ3v) is 11.5. The van der Waals surface area contributed by atoms with E-state index >= 15 is 0 Å². The van der Waals surface area contributed by atoms with E-state index in [1.54, 1.807) is 11.1 Å². The van der Waals surface area contributed by atoms with E-state index in [9.17, 15) is 0 Å². The number of para-hydroxylation sites is 2. The molecule has 3 aliphatic carbocycles. The van der Waals surface area contributed by atoms with Gasteiger partial charge in [-0.25, -0.2) is 0 Å². The van der Waals surface area contributed by atoms with Crippen LogP contribution in [0.25, 0.3) is 38.6 Å². The second-order valence-electron chi connectivity index (χ2n) is 13.1. The topological polar surface area (TPSA) is 8.17 Å². The fourth-order valence-electron chi connectivity index (χ4n) is 8.25. The van der Waals surface area contributed by atoms with E-state index in [-0.39, 0.29) is 0 Å². The van der Waals surface area contributed by atoms with Crippen molar-refractivity contribution in [1.82, 2.24) is 4.57 Å². The van der Waals surface area contributed by atoms with Gasteiger partial charge < -0.3 is 9.47 Å². The van der Waals surface area contributed by atoms with Gasteiger partial charge in [0.05, 0.1) is 11.0 Å². The fourth-order valence-corrected chi connectivity index (χ4v) is 8.78. The molecule has 0 amide bonds. The SMILES string of the molecule is Brc1ccc(N(c2ccc(Br)cc2)c2cc(-c3ccc4c(c3)C3CCCC4CC3)cc(-n3c4ccccc4c4ccccc43)c2)cc1. The first-order chi connectivity index (χ1) is 23.1. The molecule has 1 saturated carbocycles. The van der Waals surface area contributed by atoms with Gasteiger partial charge in [0, 0.05) is 42.5 Å². The van der Waals surface area contributed by atoms with Gasteiger partial charge in [-0.2, -0.15) is 0 Å². The minimum absolute atomic E-state index is 0.686. The zero-order valence-corrected chi connectivity index (χ0v) is 29.2. The molecule has 2 unspecified atom stereocenters. The highest BCUT2D eigenvalue weighted by atomic mass is 79.9. The molecule has 1 fully saturated rings. The second-order valence-corrected chi connectivity index (χ2v) is 15.0. The predicted octanol–water partition coefficient (Wildman–Crippen LogP) is 13.6. The first-order valence-corrected chi connectivity index (χ1v) is 18.3. The van der Waals surface area contributed by atoms with Crippen molar-refractivity contribution in [2.75, 3.05) is 4.90 Å².